The van der Waals surface area contributed by atoms with E-state index in [-0.39, 0.29) is 17.9 Å². The van der Waals surface area contributed by atoms with Gasteiger partial charge in [0.05, 0.1) is 16.1 Å². The Labute approximate surface area is 128 Å². The highest BCUT2D eigenvalue weighted by Crippen LogP contribution is 2.26. The maximum atomic E-state index is 11.7. The van der Waals surface area contributed by atoms with Crippen LogP contribution in [-0.2, 0) is 4.79 Å². The lowest BCUT2D eigenvalue weighted by atomic mass is 10.1. The van der Waals surface area contributed by atoms with Crippen molar-refractivity contribution in [3.05, 3.63) is 39.9 Å². The molecule has 0 heterocycles. The van der Waals surface area contributed by atoms with Gasteiger partial charge in [0.15, 0.2) is 0 Å². The number of aliphatic hydroxyl groups is 1. The Morgan fingerprint density at radius 2 is 2.20 bits per heavy atom. The minimum Gasteiger partial charge on any atom is -0.393 e. The van der Waals surface area contributed by atoms with E-state index in [0.717, 1.165) is 19.3 Å². The lowest BCUT2D eigenvalue weighted by Crippen LogP contribution is -2.31. The van der Waals surface area contributed by atoms with E-state index in [4.69, 9.17) is 23.2 Å². The van der Waals surface area contributed by atoms with Crippen LogP contribution in [0.4, 0.5) is 0 Å². The number of aliphatic hydroxyl groups excluding tert-OH is 1. The highest BCUT2D eigenvalue weighted by Gasteiger charge is 2.24. The van der Waals surface area contributed by atoms with Crippen LogP contribution in [0, 0.1) is 5.92 Å². The summed E-state index contributed by atoms with van der Waals surface area (Å²) in [7, 11) is 0. The molecule has 1 aromatic carbocycles. The highest BCUT2D eigenvalue weighted by molar-refractivity contribution is 6.42. The molecule has 108 valence electrons. The molecule has 20 heavy (non-hydrogen) atoms. The lowest BCUT2D eigenvalue weighted by molar-refractivity contribution is -0.116. The van der Waals surface area contributed by atoms with Gasteiger partial charge < -0.3 is 10.4 Å². The van der Waals surface area contributed by atoms with E-state index in [0.29, 0.717) is 22.2 Å². The monoisotopic (exact) mass is 313 g/mol. The van der Waals surface area contributed by atoms with Crippen molar-refractivity contribution in [3.63, 3.8) is 0 Å². The van der Waals surface area contributed by atoms with Crippen LogP contribution in [0.2, 0.25) is 10.0 Å². The second-order valence-corrected chi connectivity index (χ2v) is 5.77. The van der Waals surface area contributed by atoms with Gasteiger partial charge in [0.25, 0.3) is 0 Å². The fraction of sp³-hybridized carbons (Fsp3) is 0.400. The number of hydrogen-bond donors (Lipinski definition) is 2. The zero-order valence-corrected chi connectivity index (χ0v) is 12.5. The summed E-state index contributed by atoms with van der Waals surface area (Å²) in [4.78, 5) is 11.7. The molecule has 1 aliphatic rings. The zero-order valence-electron chi connectivity index (χ0n) is 11.0. The molecule has 5 heteroatoms. The fourth-order valence-electron chi connectivity index (χ4n) is 2.36. The quantitative estimate of drug-likeness (QED) is 0.838. The predicted octanol–water partition coefficient (Wildman–Crippen LogP) is 3.28. The van der Waals surface area contributed by atoms with Crippen LogP contribution >= 0.6 is 23.2 Å². The molecule has 0 aromatic heterocycles. The van der Waals surface area contributed by atoms with E-state index < -0.39 is 0 Å². The zero-order chi connectivity index (χ0) is 14.5. The van der Waals surface area contributed by atoms with Crippen molar-refractivity contribution in [3.8, 4) is 0 Å². The first-order chi connectivity index (χ1) is 9.58. The van der Waals surface area contributed by atoms with Crippen LogP contribution < -0.4 is 5.32 Å². The van der Waals surface area contributed by atoms with Crippen molar-refractivity contribution in [2.75, 3.05) is 6.54 Å². The Bertz CT molecular complexity index is 517. The molecule has 2 unspecified atom stereocenters. The number of amides is 1. The molecule has 1 saturated carbocycles. The predicted molar refractivity (Wildman–Crippen MR) is 81.9 cm³/mol. The Kier molecular flexibility index (Phi) is 5.46. The van der Waals surface area contributed by atoms with Crippen LogP contribution in [0.3, 0.4) is 0 Å². The summed E-state index contributed by atoms with van der Waals surface area (Å²) in [5.74, 6) is -0.0257. The molecule has 3 nitrogen and oxygen atoms in total. The van der Waals surface area contributed by atoms with Gasteiger partial charge in [0, 0.05) is 18.5 Å². The van der Waals surface area contributed by atoms with Gasteiger partial charge in [-0.25, -0.2) is 0 Å². The minimum atomic E-state index is -0.290. The van der Waals surface area contributed by atoms with E-state index in [1.54, 1.807) is 24.3 Å². The average molecular weight is 314 g/mol. The van der Waals surface area contributed by atoms with Crippen molar-refractivity contribution in [1.29, 1.82) is 0 Å². The molecule has 1 aliphatic carbocycles. The summed E-state index contributed by atoms with van der Waals surface area (Å²) in [6.45, 7) is 0.508. The second kappa shape index (κ2) is 7.11. The Morgan fingerprint density at radius 1 is 1.40 bits per heavy atom. The third kappa shape index (κ3) is 3.98. The van der Waals surface area contributed by atoms with Crippen LogP contribution in [0.5, 0.6) is 0 Å². The molecule has 1 amide bonds. The van der Waals surface area contributed by atoms with E-state index in [1.807, 2.05) is 0 Å². The standard InChI is InChI=1S/C15H17Cl2NO2/c16-12-5-1-3-10(15(12)17)7-8-14(20)18-9-11-4-2-6-13(11)19/h1,3,5,7-8,11,13,19H,2,4,6,9H2,(H,18,20). The third-order valence-corrected chi connectivity index (χ3v) is 4.39. The van der Waals surface area contributed by atoms with E-state index in [2.05, 4.69) is 5.32 Å². The van der Waals surface area contributed by atoms with Crippen molar-refractivity contribution in [2.24, 2.45) is 5.92 Å². The fourth-order valence-corrected chi connectivity index (χ4v) is 2.73. The number of nitrogens with one attached hydrogen (secondary N) is 1. The number of carbonyl (C=O) groups excluding carboxylic acids is 1. The van der Waals surface area contributed by atoms with Gasteiger partial charge in [-0.2, -0.15) is 0 Å². The molecule has 0 radical (unpaired) electrons. The molecule has 0 saturated heterocycles. The maximum absolute atomic E-state index is 11.7. The number of carbonyl (C=O) groups is 1. The first-order valence-corrected chi connectivity index (χ1v) is 7.41. The first-order valence-electron chi connectivity index (χ1n) is 6.66. The topological polar surface area (TPSA) is 49.3 Å². The van der Waals surface area contributed by atoms with Gasteiger partial charge in [-0.15, -0.1) is 0 Å². The molecular weight excluding hydrogens is 297 g/mol. The van der Waals surface area contributed by atoms with Crippen LogP contribution in [0.1, 0.15) is 24.8 Å². The van der Waals surface area contributed by atoms with Gasteiger partial charge in [-0.3, -0.25) is 4.79 Å². The van der Waals surface area contributed by atoms with E-state index in [9.17, 15) is 9.90 Å². The van der Waals surface area contributed by atoms with Gasteiger partial charge in [0.1, 0.15) is 0 Å². The van der Waals surface area contributed by atoms with E-state index in [1.165, 1.54) is 6.08 Å². The number of halogens is 2. The van der Waals surface area contributed by atoms with Crippen LogP contribution in [-0.4, -0.2) is 23.7 Å². The Balaban J connectivity index is 1.87. The molecule has 2 N–H and O–H groups in total. The van der Waals surface area contributed by atoms with Crippen molar-refractivity contribution >= 4 is 35.2 Å². The van der Waals surface area contributed by atoms with Crippen molar-refractivity contribution < 1.29 is 9.90 Å². The maximum Gasteiger partial charge on any atom is 0.244 e. The number of hydrogen-bond acceptors (Lipinski definition) is 2. The summed E-state index contributed by atoms with van der Waals surface area (Å²) >= 11 is 11.9. The van der Waals surface area contributed by atoms with Crippen molar-refractivity contribution in [2.45, 2.75) is 25.4 Å². The SMILES string of the molecule is O=C(C=Cc1cccc(Cl)c1Cl)NCC1CCCC1O. The van der Waals surface area contributed by atoms with Crippen LogP contribution in [0.25, 0.3) is 6.08 Å². The number of rotatable bonds is 4. The Hall–Kier alpha value is -1.03. The van der Waals surface area contributed by atoms with Gasteiger partial charge in [-0.05, 0) is 30.5 Å². The molecular formula is C15H17Cl2NO2. The normalized spacial score (nSPS) is 22.4. The highest BCUT2D eigenvalue weighted by atomic mass is 35.5. The molecule has 2 rings (SSSR count). The largest absolute Gasteiger partial charge is 0.393 e. The molecule has 0 bridgehead atoms. The molecule has 0 aliphatic heterocycles. The summed E-state index contributed by atoms with van der Waals surface area (Å²) in [5, 5.41) is 13.4. The van der Waals surface area contributed by atoms with Gasteiger partial charge >= 0.3 is 0 Å². The van der Waals surface area contributed by atoms with Crippen LogP contribution in [0.15, 0.2) is 24.3 Å². The molecule has 2 atom stereocenters. The summed E-state index contributed by atoms with van der Waals surface area (Å²) in [5.41, 5.74) is 0.704. The first kappa shape index (κ1) is 15.4. The smallest absolute Gasteiger partial charge is 0.244 e. The molecule has 1 fully saturated rings. The van der Waals surface area contributed by atoms with Gasteiger partial charge in [0.2, 0.25) is 5.91 Å². The second-order valence-electron chi connectivity index (χ2n) is 4.98. The lowest BCUT2D eigenvalue weighted by Gasteiger charge is -2.14. The third-order valence-electron chi connectivity index (χ3n) is 3.55. The summed E-state index contributed by atoms with van der Waals surface area (Å²) in [6.07, 6.45) is 5.59. The molecule has 1 aromatic rings. The summed E-state index contributed by atoms with van der Waals surface area (Å²) < 4.78 is 0. The molecule has 0 spiro atoms. The minimum absolute atomic E-state index is 0.169. The van der Waals surface area contributed by atoms with Gasteiger partial charge in [-0.1, -0.05) is 41.8 Å². The average Bonchev–Trinajstić information content (AvgIpc) is 2.83. The van der Waals surface area contributed by atoms with Crippen molar-refractivity contribution in [1.82, 2.24) is 5.32 Å². The van der Waals surface area contributed by atoms with E-state index >= 15 is 0 Å². The summed E-state index contributed by atoms with van der Waals surface area (Å²) in [6, 6.07) is 5.27. The number of benzene rings is 1. The Morgan fingerprint density at radius 3 is 2.90 bits per heavy atom.